The zero-order chi connectivity index (χ0) is 29.2. The molecular weight excluding hydrogens is 524 g/mol. The van der Waals surface area contributed by atoms with Crippen LogP contribution in [-0.4, -0.2) is 53.9 Å². The number of carbonyl (C=O) groups excluding carboxylic acids is 3. The second kappa shape index (κ2) is 18.8. The first-order chi connectivity index (χ1) is 19.4. The molecule has 40 heavy (non-hydrogen) atoms. The number of rotatable bonds is 19. The number of aliphatic hydroxyl groups excluding tert-OH is 1. The Kier molecular flexibility index (Phi) is 15.5. The van der Waals surface area contributed by atoms with Gasteiger partial charge in [0.25, 0.3) is 0 Å². The van der Waals surface area contributed by atoms with Gasteiger partial charge >= 0.3 is 5.97 Å². The normalized spacial score (nSPS) is 13.8. The fourth-order valence-corrected chi connectivity index (χ4v) is 5.10. The van der Waals surface area contributed by atoms with Crippen molar-refractivity contribution in [3.8, 4) is 0 Å². The van der Waals surface area contributed by atoms with E-state index in [4.69, 9.17) is 4.74 Å². The molecule has 3 N–H and O–H groups in total. The molecule has 7 nitrogen and oxygen atoms in total. The predicted molar refractivity (Wildman–Crippen MR) is 162 cm³/mol. The first-order valence-corrected chi connectivity index (χ1v) is 14.8. The molecule has 8 heteroatoms. The summed E-state index contributed by atoms with van der Waals surface area (Å²) in [6.45, 7) is 9.03. The minimum absolute atomic E-state index is 0.0172. The number of esters is 1. The maximum Gasteiger partial charge on any atom is 0.309 e. The Hall–Kier alpha value is -3.36. The molecule has 0 fully saturated rings. The van der Waals surface area contributed by atoms with Crippen molar-refractivity contribution in [3.63, 3.8) is 0 Å². The Labute approximate surface area is 242 Å². The number of amides is 2. The fourth-order valence-electron chi connectivity index (χ4n) is 4.09. The molecule has 2 rings (SSSR count). The van der Waals surface area contributed by atoms with Gasteiger partial charge in [-0.25, -0.2) is 0 Å². The van der Waals surface area contributed by atoms with E-state index in [1.807, 2.05) is 60.7 Å². The highest BCUT2D eigenvalue weighted by Crippen LogP contribution is 2.18. The van der Waals surface area contributed by atoms with Crippen molar-refractivity contribution in [2.75, 3.05) is 19.0 Å². The molecule has 4 atom stereocenters. The summed E-state index contributed by atoms with van der Waals surface area (Å²) in [5, 5.41) is 14.9. The molecule has 2 aromatic rings. The Balaban J connectivity index is 2.06. The molecular formula is C32H42N2O5S. The van der Waals surface area contributed by atoms with Crippen molar-refractivity contribution < 1.29 is 24.2 Å². The van der Waals surface area contributed by atoms with E-state index >= 15 is 0 Å². The number of carbonyl (C=O) groups is 3. The summed E-state index contributed by atoms with van der Waals surface area (Å²) in [6, 6.07) is 18.9. The minimum atomic E-state index is -0.632. The van der Waals surface area contributed by atoms with Gasteiger partial charge < -0.3 is 20.5 Å². The minimum Gasteiger partial charge on any atom is -0.463 e. The highest BCUT2D eigenvalue weighted by Gasteiger charge is 2.26. The van der Waals surface area contributed by atoms with Gasteiger partial charge in [-0.3, -0.25) is 14.4 Å². The van der Waals surface area contributed by atoms with E-state index in [0.717, 1.165) is 16.9 Å². The summed E-state index contributed by atoms with van der Waals surface area (Å²) < 4.78 is 5.74. The lowest BCUT2D eigenvalue weighted by molar-refractivity contribution is -0.149. The van der Waals surface area contributed by atoms with Gasteiger partial charge in [-0.1, -0.05) is 72.8 Å². The molecule has 0 spiro atoms. The van der Waals surface area contributed by atoms with E-state index in [0.29, 0.717) is 25.0 Å². The molecule has 0 bridgehead atoms. The Morgan fingerprint density at radius 3 is 2.12 bits per heavy atom. The van der Waals surface area contributed by atoms with Crippen LogP contribution in [0.2, 0.25) is 0 Å². The van der Waals surface area contributed by atoms with Crippen LogP contribution >= 0.6 is 11.8 Å². The van der Waals surface area contributed by atoms with Crippen molar-refractivity contribution in [1.29, 1.82) is 0 Å². The number of nitrogens with one attached hydrogen (secondary N) is 2. The van der Waals surface area contributed by atoms with Crippen molar-refractivity contribution in [1.82, 2.24) is 10.6 Å². The van der Waals surface area contributed by atoms with Crippen molar-refractivity contribution in [2.45, 2.75) is 50.4 Å². The first kappa shape index (κ1) is 32.8. The average Bonchev–Trinajstić information content (AvgIpc) is 2.96. The van der Waals surface area contributed by atoms with Gasteiger partial charge in [0.15, 0.2) is 0 Å². The summed E-state index contributed by atoms with van der Waals surface area (Å²) in [5.74, 6) is -0.709. The average molecular weight is 567 g/mol. The number of thioether (sulfide) groups is 1. The van der Waals surface area contributed by atoms with E-state index in [2.05, 4.69) is 23.8 Å². The first-order valence-electron chi connectivity index (χ1n) is 13.6. The van der Waals surface area contributed by atoms with Gasteiger partial charge in [0.1, 0.15) is 6.61 Å². The second-order valence-electron chi connectivity index (χ2n) is 9.82. The van der Waals surface area contributed by atoms with E-state index in [1.165, 1.54) is 0 Å². The molecule has 2 amide bonds. The molecule has 2 aromatic carbocycles. The van der Waals surface area contributed by atoms with Crippen LogP contribution in [0, 0.1) is 11.8 Å². The number of hydrogen-bond acceptors (Lipinski definition) is 6. The van der Waals surface area contributed by atoms with Crippen LogP contribution in [0.15, 0.2) is 86.0 Å². The van der Waals surface area contributed by atoms with Crippen LogP contribution < -0.4 is 10.6 Å². The maximum absolute atomic E-state index is 13.2. The van der Waals surface area contributed by atoms with Crippen LogP contribution in [0.3, 0.4) is 0 Å². The standard InChI is InChI=1S/C32H42N2O5S/c1-4-12-27(19-30(36)33-24(3)20-35)31(37)34-29(23-40-22-26-16-10-7-11-17-26)21-39-32(38)28(13-5-2)18-25-14-8-6-9-15-25/h4-11,14-17,24,27-29,35H,1-2,12-13,18-23H2,3H3,(H,33,36)(H,34,37)/t24-,27+,28+,29+/m0/s1. The fraction of sp³-hybridized carbons (Fsp3) is 0.406. The molecule has 0 aromatic heterocycles. The third-order valence-corrected chi connectivity index (χ3v) is 7.42. The van der Waals surface area contributed by atoms with Crippen LogP contribution in [0.4, 0.5) is 0 Å². The number of allylic oxidation sites excluding steroid dienone is 2. The summed E-state index contributed by atoms with van der Waals surface area (Å²) in [7, 11) is 0. The molecule has 0 saturated heterocycles. The van der Waals surface area contributed by atoms with Gasteiger partial charge in [0.05, 0.1) is 24.5 Å². The maximum atomic E-state index is 13.2. The Morgan fingerprint density at radius 2 is 1.52 bits per heavy atom. The highest BCUT2D eigenvalue weighted by molar-refractivity contribution is 7.98. The van der Waals surface area contributed by atoms with Gasteiger partial charge in [0.2, 0.25) is 11.8 Å². The number of benzene rings is 2. The topological polar surface area (TPSA) is 105 Å². The number of hydrogen-bond donors (Lipinski definition) is 3. The van der Waals surface area contributed by atoms with E-state index in [1.54, 1.807) is 30.8 Å². The van der Waals surface area contributed by atoms with Gasteiger partial charge in [0, 0.05) is 24.0 Å². The van der Waals surface area contributed by atoms with Gasteiger partial charge in [-0.15, -0.1) is 13.2 Å². The van der Waals surface area contributed by atoms with E-state index in [-0.39, 0.29) is 43.3 Å². The van der Waals surface area contributed by atoms with Gasteiger partial charge in [-0.05, 0) is 37.3 Å². The summed E-state index contributed by atoms with van der Waals surface area (Å²) in [6.07, 6.45) is 4.62. The van der Waals surface area contributed by atoms with E-state index in [9.17, 15) is 19.5 Å². The Bertz CT molecular complexity index is 1060. The van der Waals surface area contributed by atoms with Crippen LogP contribution in [-0.2, 0) is 31.3 Å². The molecule has 0 aliphatic carbocycles. The quantitative estimate of drug-likeness (QED) is 0.171. The number of aliphatic hydroxyl groups is 1. The van der Waals surface area contributed by atoms with Crippen LogP contribution in [0.5, 0.6) is 0 Å². The lowest BCUT2D eigenvalue weighted by Crippen LogP contribution is -2.45. The molecule has 0 unspecified atom stereocenters. The lowest BCUT2D eigenvalue weighted by Gasteiger charge is -2.23. The van der Waals surface area contributed by atoms with Gasteiger partial charge in [-0.2, -0.15) is 11.8 Å². The largest absolute Gasteiger partial charge is 0.463 e. The number of ether oxygens (including phenoxy) is 1. The predicted octanol–water partition coefficient (Wildman–Crippen LogP) is 4.46. The zero-order valence-corrected chi connectivity index (χ0v) is 24.1. The third kappa shape index (κ3) is 12.7. The lowest BCUT2D eigenvalue weighted by atomic mass is 9.96. The smallest absolute Gasteiger partial charge is 0.309 e. The van der Waals surface area contributed by atoms with E-state index < -0.39 is 18.0 Å². The SMILES string of the molecule is C=CC[C@H](CC(=O)N[C@@H](C)CO)C(=O)N[C@H](COC(=O)[C@H](CC=C)Cc1ccccc1)CSCc1ccccc1. The highest BCUT2D eigenvalue weighted by atomic mass is 32.2. The summed E-state index contributed by atoms with van der Waals surface area (Å²) >= 11 is 1.63. The molecule has 0 aliphatic heterocycles. The molecule has 0 aliphatic rings. The summed E-state index contributed by atoms with van der Waals surface area (Å²) in [4.78, 5) is 38.7. The van der Waals surface area contributed by atoms with Crippen molar-refractivity contribution in [2.24, 2.45) is 11.8 Å². The summed E-state index contributed by atoms with van der Waals surface area (Å²) in [5.41, 5.74) is 2.19. The second-order valence-corrected chi connectivity index (χ2v) is 10.9. The van der Waals surface area contributed by atoms with Crippen LogP contribution in [0.25, 0.3) is 0 Å². The third-order valence-electron chi connectivity index (χ3n) is 6.25. The Morgan fingerprint density at radius 1 is 0.925 bits per heavy atom. The van der Waals surface area contributed by atoms with Crippen molar-refractivity contribution >= 4 is 29.5 Å². The molecule has 0 heterocycles. The van der Waals surface area contributed by atoms with Crippen molar-refractivity contribution in [3.05, 3.63) is 97.1 Å². The molecule has 216 valence electrons. The molecule has 0 saturated carbocycles. The zero-order valence-electron chi connectivity index (χ0n) is 23.3. The molecule has 0 radical (unpaired) electrons. The van der Waals surface area contributed by atoms with Crippen LogP contribution in [0.1, 0.15) is 37.3 Å². The monoisotopic (exact) mass is 566 g/mol.